The van der Waals surface area contributed by atoms with Gasteiger partial charge in [0.2, 0.25) is 5.95 Å². The van der Waals surface area contributed by atoms with Gasteiger partial charge in [0.25, 0.3) is 0 Å². The molecule has 0 unspecified atom stereocenters. The van der Waals surface area contributed by atoms with Crippen molar-refractivity contribution in [3.05, 3.63) is 34.6 Å². The first-order valence-corrected chi connectivity index (χ1v) is 5.15. The van der Waals surface area contributed by atoms with Gasteiger partial charge in [-0.25, -0.2) is 9.37 Å². The van der Waals surface area contributed by atoms with Crippen LogP contribution in [0.25, 0.3) is 10.6 Å². The molecule has 0 aromatic carbocycles. The van der Waals surface area contributed by atoms with E-state index in [1.54, 1.807) is 13.8 Å². The van der Waals surface area contributed by atoms with Crippen molar-refractivity contribution in [2.75, 3.05) is 0 Å². The second-order valence-corrected chi connectivity index (χ2v) is 4.40. The Bertz CT molecular complexity index is 508. The fraction of sp³-hybridized carbons (Fsp3) is 0.200. The van der Waals surface area contributed by atoms with Crippen LogP contribution in [0, 0.1) is 25.6 Å². The first-order valence-electron chi connectivity index (χ1n) is 4.33. The summed E-state index contributed by atoms with van der Waals surface area (Å²) in [4.78, 5) is 7.63. The molecule has 0 N–H and O–H groups in total. The largest absolute Gasteiger partial charge is 0.252 e. The molecule has 2 nitrogen and oxygen atoms in total. The van der Waals surface area contributed by atoms with E-state index in [0.29, 0.717) is 10.6 Å². The highest BCUT2D eigenvalue weighted by molar-refractivity contribution is 7.15. The van der Waals surface area contributed by atoms with Gasteiger partial charge in [-0.15, -0.1) is 11.3 Å². The van der Waals surface area contributed by atoms with Crippen LogP contribution in [-0.2, 0) is 0 Å². The van der Waals surface area contributed by atoms with Gasteiger partial charge >= 0.3 is 0 Å². The van der Waals surface area contributed by atoms with E-state index >= 15 is 0 Å². The molecule has 0 spiro atoms. The molecule has 15 heavy (non-hydrogen) atoms. The Morgan fingerprint density at radius 1 is 1.27 bits per heavy atom. The summed E-state index contributed by atoms with van der Waals surface area (Å²) in [5.74, 6) is -1.18. The lowest BCUT2D eigenvalue weighted by molar-refractivity contribution is 0.586. The molecule has 0 aliphatic heterocycles. The minimum Gasteiger partial charge on any atom is -0.252 e. The van der Waals surface area contributed by atoms with E-state index in [4.69, 9.17) is 0 Å². The van der Waals surface area contributed by atoms with Crippen molar-refractivity contribution in [1.82, 2.24) is 9.97 Å². The van der Waals surface area contributed by atoms with Crippen molar-refractivity contribution in [3.63, 3.8) is 0 Å². The molecule has 2 aromatic heterocycles. The van der Waals surface area contributed by atoms with Crippen molar-refractivity contribution in [2.45, 2.75) is 13.8 Å². The van der Waals surface area contributed by atoms with Crippen LogP contribution in [0.15, 0.2) is 12.3 Å². The lowest BCUT2D eigenvalue weighted by Crippen LogP contribution is -1.90. The number of thiazole rings is 1. The Morgan fingerprint density at radius 3 is 2.53 bits per heavy atom. The summed E-state index contributed by atoms with van der Waals surface area (Å²) in [5, 5.41) is 0.560. The molecule has 0 saturated heterocycles. The molecule has 2 rings (SSSR count). The van der Waals surface area contributed by atoms with E-state index in [2.05, 4.69) is 9.97 Å². The molecular formula is C10H8F2N2S. The molecular weight excluding hydrogens is 218 g/mol. The normalized spacial score (nSPS) is 10.7. The predicted molar refractivity (Wildman–Crippen MR) is 54.7 cm³/mol. The number of hydrogen-bond donors (Lipinski definition) is 0. The number of pyridine rings is 1. The van der Waals surface area contributed by atoms with Gasteiger partial charge in [-0.2, -0.15) is 4.39 Å². The third kappa shape index (κ3) is 1.87. The highest BCUT2D eigenvalue weighted by Crippen LogP contribution is 2.29. The lowest BCUT2D eigenvalue weighted by atomic mass is 10.2. The summed E-state index contributed by atoms with van der Waals surface area (Å²) in [6.07, 6.45) is 1.51. The molecule has 0 atom stereocenters. The Balaban J connectivity index is 2.59. The predicted octanol–water partition coefficient (Wildman–Crippen LogP) is 3.10. The van der Waals surface area contributed by atoms with E-state index in [0.717, 1.165) is 11.3 Å². The van der Waals surface area contributed by atoms with Crippen LogP contribution in [0.2, 0.25) is 0 Å². The second kappa shape index (κ2) is 3.66. The summed E-state index contributed by atoms with van der Waals surface area (Å²) in [5.41, 5.74) is 0.738. The first-order chi connectivity index (χ1) is 7.08. The SMILES string of the molecule is Cc1cnc(-c2sc(C)nc2F)c(F)c1. The zero-order chi connectivity index (χ0) is 11.0. The van der Waals surface area contributed by atoms with E-state index in [9.17, 15) is 8.78 Å². The van der Waals surface area contributed by atoms with E-state index in [-0.39, 0.29) is 10.6 Å². The zero-order valence-electron chi connectivity index (χ0n) is 8.21. The number of hydrogen-bond acceptors (Lipinski definition) is 3. The Kier molecular flexibility index (Phi) is 2.48. The van der Waals surface area contributed by atoms with Gasteiger partial charge in [0.05, 0.1) is 5.01 Å². The average molecular weight is 226 g/mol. The van der Waals surface area contributed by atoms with Gasteiger partial charge in [0.1, 0.15) is 10.6 Å². The topological polar surface area (TPSA) is 25.8 Å². The maximum atomic E-state index is 13.5. The Labute approximate surface area is 89.6 Å². The highest BCUT2D eigenvalue weighted by atomic mass is 32.1. The van der Waals surface area contributed by atoms with Crippen molar-refractivity contribution in [3.8, 4) is 10.6 Å². The monoisotopic (exact) mass is 226 g/mol. The van der Waals surface area contributed by atoms with Crippen LogP contribution in [-0.4, -0.2) is 9.97 Å². The summed E-state index contributed by atoms with van der Waals surface area (Å²) in [7, 11) is 0. The van der Waals surface area contributed by atoms with E-state index in [1.165, 1.54) is 12.3 Å². The van der Waals surface area contributed by atoms with Gasteiger partial charge < -0.3 is 0 Å². The minimum atomic E-state index is -0.659. The smallest absolute Gasteiger partial charge is 0.233 e. The Morgan fingerprint density at radius 2 is 2.00 bits per heavy atom. The Hall–Kier alpha value is -1.36. The van der Waals surface area contributed by atoms with Crippen LogP contribution in [0.4, 0.5) is 8.78 Å². The van der Waals surface area contributed by atoms with Gasteiger partial charge in [-0.05, 0) is 25.5 Å². The second-order valence-electron chi connectivity index (χ2n) is 3.20. The quantitative estimate of drug-likeness (QED) is 0.746. The maximum Gasteiger partial charge on any atom is 0.233 e. The molecule has 0 radical (unpaired) electrons. The molecule has 0 saturated carbocycles. The highest BCUT2D eigenvalue weighted by Gasteiger charge is 2.16. The van der Waals surface area contributed by atoms with Gasteiger partial charge in [0, 0.05) is 6.20 Å². The van der Waals surface area contributed by atoms with Gasteiger partial charge in [0.15, 0.2) is 5.82 Å². The standard InChI is InChI=1S/C10H8F2N2S/c1-5-3-7(11)8(13-4-5)9-10(12)14-6(2)15-9/h3-4H,1-2H3. The molecule has 0 aliphatic rings. The molecule has 0 aliphatic carbocycles. The van der Waals surface area contributed by atoms with Crippen molar-refractivity contribution in [1.29, 1.82) is 0 Å². The van der Waals surface area contributed by atoms with Gasteiger partial charge in [-0.3, -0.25) is 4.98 Å². The number of aryl methyl sites for hydroxylation is 2. The number of rotatable bonds is 1. The summed E-state index contributed by atoms with van der Waals surface area (Å²) >= 11 is 1.10. The average Bonchev–Trinajstić information content (AvgIpc) is 2.45. The summed E-state index contributed by atoms with van der Waals surface area (Å²) in [6, 6.07) is 1.33. The number of halogens is 2. The van der Waals surface area contributed by atoms with Crippen molar-refractivity contribution < 1.29 is 8.78 Å². The summed E-state index contributed by atoms with van der Waals surface area (Å²) < 4.78 is 26.7. The zero-order valence-corrected chi connectivity index (χ0v) is 9.03. The molecule has 5 heteroatoms. The van der Waals surface area contributed by atoms with E-state index in [1.807, 2.05) is 0 Å². The van der Waals surface area contributed by atoms with Crippen molar-refractivity contribution in [2.24, 2.45) is 0 Å². The fourth-order valence-electron chi connectivity index (χ4n) is 1.25. The number of nitrogens with zero attached hydrogens (tertiary/aromatic N) is 2. The van der Waals surface area contributed by atoms with Crippen LogP contribution in [0.3, 0.4) is 0 Å². The van der Waals surface area contributed by atoms with Gasteiger partial charge in [-0.1, -0.05) is 0 Å². The molecule has 0 fully saturated rings. The van der Waals surface area contributed by atoms with Crippen LogP contribution >= 0.6 is 11.3 Å². The summed E-state index contributed by atoms with van der Waals surface area (Å²) in [6.45, 7) is 3.40. The minimum absolute atomic E-state index is 0.0312. The van der Waals surface area contributed by atoms with Crippen LogP contribution in [0.1, 0.15) is 10.6 Å². The molecule has 0 bridgehead atoms. The third-order valence-electron chi connectivity index (χ3n) is 1.89. The van der Waals surface area contributed by atoms with E-state index < -0.39 is 11.8 Å². The first kappa shape index (κ1) is 10.2. The molecule has 78 valence electrons. The number of aromatic nitrogens is 2. The molecule has 2 heterocycles. The fourth-order valence-corrected chi connectivity index (χ4v) is 2.05. The lowest BCUT2D eigenvalue weighted by Gasteiger charge is -1.99. The van der Waals surface area contributed by atoms with Crippen molar-refractivity contribution >= 4 is 11.3 Å². The maximum absolute atomic E-state index is 13.5. The molecule has 0 amide bonds. The van der Waals surface area contributed by atoms with Crippen LogP contribution < -0.4 is 0 Å². The molecule has 2 aromatic rings. The third-order valence-corrected chi connectivity index (χ3v) is 2.84. The van der Waals surface area contributed by atoms with Crippen LogP contribution in [0.5, 0.6) is 0 Å².